The molecule has 0 bridgehead atoms. The summed E-state index contributed by atoms with van der Waals surface area (Å²) < 4.78 is 10.2. The number of aliphatic carboxylic acids is 1. The van der Waals surface area contributed by atoms with Crippen LogP contribution in [0.3, 0.4) is 0 Å². The maximum Gasteiger partial charge on any atom is 0.302 e. The second-order valence-corrected chi connectivity index (χ2v) is 8.20. The van der Waals surface area contributed by atoms with Gasteiger partial charge < -0.3 is 24.7 Å². The minimum atomic E-state index is -1.66. The van der Waals surface area contributed by atoms with Crippen LogP contribution >= 0.6 is 23.1 Å². The maximum absolute atomic E-state index is 12.8. The van der Waals surface area contributed by atoms with Gasteiger partial charge in [-0.05, 0) is 11.4 Å². The Bertz CT molecular complexity index is 852. The minimum Gasteiger partial charge on any atom is -0.543 e. The Morgan fingerprint density at radius 1 is 1.41 bits per heavy atom. The lowest BCUT2D eigenvalue weighted by Crippen LogP contribution is -2.81. The Morgan fingerprint density at radius 3 is 2.69 bits per heavy atom. The van der Waals surface area contributed by atoms with Crippen molar-refractivity contribution in [2.75, 3.05) is 19.5 Å². The van der Waals surface area contributed by atoms with E-state index in [0.29, 0.717) is 0 Å². The topological polar surface area (TPSA) is 125 Å². The molecule has 1 aromatic heterocycles. The number of carbonyl (C=O) groups excluding carboxylic acids is 4. The van der Waals surface area contributed by atoms with Crippen LogP contribution in [0, 0.1) is 0 Å². The standard InChI is InChI=1S/C17H18N2O7S2.CH4/c1-9(20)26-7-10-8-28-16-17(25-2,15(24)19(16)13(10)14(22)23)18-12(21)6-11-4-3-5-27-11;/h3-5,16H,6-8H2,1-2H3,(H,18,21)(H,22,23);1H4/p-1/t16?,17-;/m0./s1. The van der Waals surface area contributed by atoms with Gasteiger partial charge in [-0.15, -0.1) is 23.1 Å². The van der Waals surface area contributed by atoms with Gasteiger partial charge in [0.05, 0.1) is 18.1 Å². The van der Waals surface area contributed by atoms with Gasteiger partial charge in [0, 0.05) is 30.2 Å². The fourth-order valence-electron chi connectivity index (χ4n) is 3.05. The van der Waals surface area contributed by atoms with Crippen molar-refractivity contribution >= 4 is 46.9 Å². The normalized spacial score (nSPS) is 22.9. The third kappa shape index (κ3) is 4.16. The average molecular weight is 442 g/mol. The molecular weight excluding hydrogens is 420 g/mol. The fourth-order valence-corrected chi connectivity index (χ4v) is 5.18. The zero-order valence-corrected chi connectivity index (χ0v) is 16.7. The predicted octanol–water partition coefficient (Wildman–Crippen LogP) is -0.132. The molecule has 29 heavy (non-hydrogen) atoms. The van der Waals surface area contributed by atoms with Crippen LogP contribution in [0.25, 0.3) is 0 Å². The molecule has 1 aromatic rings. The summed E-state index contributed by atoms with van der Waals surface area (Å²) in [6.45, 7) is 0.943. The van der Waals surface area contributed by atoms with Crippen molar-refractivity contribution in [2.45, 2.75) is 31.9 Å². The van der Waals surface area contributed by atoms with Crippen LogP contribution in [0.1, 0.15) is 19.2 Å². The monoisotopic (exact) mass is 441 g/mol. The lowest BCUT2D eigenvalue weighted by molar-refractivity contribution is -0.302. The number of esters is 1. The van der Waals surface area contributed by atoms with Crippen LogP contribution in [-0.4, -0.2) is 59.2 Å². The number of carboxylic acids is 1. The van der Waals surface area contributed by atoms with Gasteiger partial charge in [-0.3, -0.25) is 19.3 Å². The summed E-state index contributed by atoms with van der Waals surface area (Å²) in [6, 6.07) is 3.61. The summed E-state index contributed by atoms with van der Waals surface area (Å²) in [4.78, 5) is 49.7. The van der Waals surface area contributed by atoms with Gasteiger partial charge in [-0.1, -0.05) is 13.5 Å². The van der Waals surface area contributed by atoms with Crippen LogP contribution in [0.4, 0.5) is 0 Å². The molecule has 158 valence electrons. The zero-order valence-electron chi connectivity index (χ0n) is 15.1. The number of β-lactam (4-membered cyclic amide) rings is 1. The summed E-state index contributed by atoms with van der Waals surface area (Å²) in [6.07, 6.45) is 0.0777. The molecule has 0 aliphatic carbocycles. The van der Waals surface area contributed by atoms with Gasteiger partial charge in [0.1, 0.15) is 12.0 Å². The van der Waals surface area contributed by atoms with E-state index in [4.69, 9.17) is 9.47 Å². The lowest BCUT2D eigenvalue weighted by atomic mass is 9.98. The first-order valence-corrected chi connectivity index (χ1v) is 10.1. The van der Waals surface area contributed by atoms with Crippen molar-refractivity contribution in [3.8, 4) is 0 Å². The van der Waals surface area contributed by atoms with Crippen LogP contribution in [0.15, 0.2) is 28.8 Å². The molecule has 9 nitrogen and oxygen atoms in total. The molecule has 0 spiro atoms. The molecule has 2 aliphatic rings. The van der Waals surface area contributed by atoms with E-state index in [1.165, 1.54) is 37.1 Å². The molecular formula is C18H21N2O7S2-. The fraction of sp³-hybridized carbons (Fsp3) is 0.444. The van der Waals surface area contributed by atoms with Crippen LogP contribution < -0.4 is 10.4 Å². The third-order valence-electron chi connectivity index (χ3n) is 4.32. The van der Waals surface area contributed by atoms with Gasteiger partial charge in [-0.25, -0.2) is 0 Å². The molecule has 1 N–H and O–H groups in total. The van der Waals surface area contributed by atoms with E-state index in [1.807, 2.05) is 11.4 Å². The number of methoxy groups -OCH3 is 1. The Balaban J connectivity index is 0.00000300. The highest BCUT2D eigenvalue weighted by Gasteiger charge is 2.65. The van der Waals surface area contributed by atoms with Crippen molar-refractivity contribution < 1.29 is 33.8 Å². The smallest absolute Gasteiger partial charge is 0.302 e. The summed E-state index contributed by atoms with van der Waals surface area (Å²) in [7, 11) is 1.28. The van der Waals surface area contributed by atoms with Crippen LogP contribution in [-0.2, 0) is 35.1 Å². The van der Waals surface area contributed by atoms with Gasteiger partial charge >= 0.3 is 5.97 Å². The molecule has 2 atom stereocenters. The van der Waals surface area contributed by atoms with E-state index >= 15 is 0 Å². The molecule has 3 heterocycles. The highest BCUT2D eigenvalue weighted by molar-refractivity contribution is 8.00. The number of carbonyl (C=O) groups is 4. The average Bonchev–Trinajstić information content (AvgIpc) is 3.15. The molecule has 0 radical (unpaired) electrons. The highest BCUT2D eigenvalue weighted by Crippen LogP contribution is 2.46. The SMILES string of the molecule is C.CO[C@@]1(NC(=O)Cc2cccs2)C(=O)N2C(C(=O)[O-])=C(COC(C)=O)CSC21. The number of hydrogen-bond acceptors (Lipinski definition) is 9. The number of amides is 2. The number of hydrogen-bond donors (Lipinski definition) is 1. The van der Waals surface area contributed by atoms with Crippen molar-refractivity contribution in [3.05, 3.63) is 33.7 Å². The minimum absolute atomic E-state index is 0. The van der Waals surface area contributed by atoms with E-state index in [-0.39, 0.29) is 37.5 Å². The molecule has 0 saturated carbocycles. The van der Waals surface area contributed by atoms with Gasteiger partial charge in [-0.2, -0.15) is 0 Å². The molecule has 2 aliphatic heterocycles. The quantitative estimate of drug-likeness (QED) is 0.352. The van der Waals surface area contributed by atoms with Gasteiger partial charge in [0.2, 0.25) is 5.91 Å². The molecule has 3 rings (SSSR count). The van der Waals surface area contributed by atoms with E-state index in [9.17, 15) is 24.3 Å². The highest BCUT2D eigenvalue weighted by atomic mass is 32.2. The van der Waals surface area contributed by atoms with Crippen LogP contribution in [0.5, 0.6) is 0 Å². The number of thiophene rings is 1. The molecule has 11 heteroatoms. The second-order valence-electron chi connectivity index (χ2n) is 6.10. The van der Waals surface area contributed by atoms with Crippen LogP contribution in [0.2, 0.25) is 0 Å². The zero-order chi connectivity index (χ0) is 20.5. The van der Waals surface area contributed by atoms with E-state index in [0.717, 1.165) is 9.78 Å². The number of thioether (sulfide) groups is 1. The number of nitrogens with one attached hydrogen (secondary N) is 1. The molecule has 1 unspecified atom stereocenters. The summed E-state index contributed by atoms with van der Waals surface area (Å²) in [5, 5.41) is 15.3. The van der Waals surface area contributed by atoms with Crippen molar-refractivity contribution in [1.29, 1.82) is 0 Å². The second kappa shape index (κ2) is 8.97. The predicted molar refractivity (Wildman–Crippen MR) is 104 cm³/mol. The van der Waals surface area contributed by atoms with Gasteiger partial charge in [0.25, 0.3) is 11.6 Å². The molecule has 2 amide bonds. The maximum atomic E-state index is 12.8. The van der Waals surface area contributed by atoms with Crippen molar-refractivity contribution in [3.63, 3.8) is 0 Å². The third-order valence-corrected chi connectivity index (χ3v) is 6.57. The van der Waals surface area contributed by atoms with E-state index in [2.05, 4.69) is 5.32 Å². The molecule has 1 saturated heterocycles. The van der Waals surface area contributed by atoms with Crippen molar-refractivity contribution in [1.82, 2.24) is 10.2 Å². The molecule has 1 fully saturated rings. The first-order valence-electron chi connectivity index (χ1n) is 8.20. The number of nitrogens with zero attached hydrogens (tertiary/aromatic N) is 1. The van der Waals surface area contributed by atoms with Gasteiger partial charge in [0.15, 0.2) is 0 Å². The lowest BCUT2D eigenvalue weighted by Gasteiger charge is -2.56. The Labute approximate surface area is 176 Å². The Kier molecular flexibility index (Phi) is 7.09. The Morgan fingerprint density at radius 2 is 2.14 bits per heavy atom. The first-order chi connectivity index (χ1) is 13.3. The first kappa shape index (κ1) is 22.9. The van der Waals surface area contributed by atoms with E-state index < -0.39 is 34.9 Å². The number of ether oxygens (including phenoxy) is 2. The van der Waals surface area contributed by atoms with Crippen molar-refractivity contribution in [2.24, 2.45) is 0 Å². The largest absolute Gasteiger partial charge is 0.543 e. The number of carboxylic acid groups (broad SMARTS) is 1. The van der Waals surface area contributed by atoms with E-state index in [1.54, 1.807) is 6.07 Å². The summed E-state index contributed by atoms with van der Waals surface area (Å²) in [5.41, 5.74) is -1.76. The molecule has 0 aromatic carbocycles. The summed E-state index contributed by atoms with van der Waals surface area (Å²) >= 11 is 2.62. The number of fused-ring (bicyclic) bond motifs is 1. The summed E-state index contributed by atoms with van der Waals surface area (Å²) in [5.74, 6) is -3.08. The number of rotatable bonds is 7. The Hall–Kier alpha value is -2.37.